The molecule has 10 nitrogen and oxygen atoms in total. The summed E-state index contributed by atoms with van der Waals surface area (Å²) < 4.78 is 0. The fourth-order valence-electron chi connectivity index (χ4n) is 9.83. The third-order valence-corrected chi connectivity index (χ3v) is 11.6. The SMILES string of the molecule is C/C=C/C[C@@H]1NC(=O)[C@@H]2CC3(C45C[C@H]6C(=O)N[C@@H](Cc7ccccc7)C(=O)N6[C@H]4Nc4ccccc45)c4ccccc4N[C@@H]3N2C1=O. The summed E-state index contributed by atoms with van der Waals surface area (Å²) >= 11 is 0. The molecule has 9 rings (SSSR count). The molecule has 0 aromatic heterocycles. The quantitative estimate of drug-likeness (QED) is 0.323. The molecule has 6 heterocycles. The number of amides is 4. The molecule has 4 amide bonds. The molecule has 8 atom stereocenters. The van der Waals surface area contributed by atoms with Crippen LogP contribution in [0.5, 0.6) is 0 Å². The van der Waals surface area contributed by atoms with Crippen LogP contribution in [0.15, 0.2) is 91.0 Å². The molecule has 6 aliphatic rings. The normalized spacial score (nSPS) is 34.5. The number of benzene rings is 3. The number of carbonyl (C=O) groups is 4. The van der Waals surface area contributed by atoms with E-state index >= 15 is 0 Å². The van der Waals surface area contributed by atoms with Crippen LogP contribution >= 0.6 is 0 Å². The lowest BCUT2D eigenvalue weighted by molar-refractivity contribution is -0.149. The van der Waals surface area contributed by atoms with Crippen molar-refractivity contribution in [2.75, 3.05) is 10.6 Å². The Balaban J connectivity index is 1.22. The first-order chi connectivity index (χ1) is 22.9. The number of para-hydroxylation sites is 2. The van der Waals surface area contributed by atoms with Crippen molar-refractivity contribution in [2.24, 2.45) is 0 Å². The number of carbonyl (C=O) groups excluding carboxylic acids is 4. The lowest BCUT2D eigenvalue weighted by Gasteiger charge is -2.48. The number of anilines is 2. The summed E-state index contributed by atoms with van der Waals surface area (Å²) in [5, 5.41) is 13.5. The van der Waals surface area contributed by atoms with Crippen LogP contribution in [0.25, 0.3) is 0 Å². The summed E-state index contributed by atoms with van der Waals surface area (Å²) in [5.74, 6) is -0.609. The first kappa shape index (κ1) is 28.1. The van der Waals surface area contributed by atoms with Crippen LogP contribution in [-0.2, 0) is 36.4 Å². The summed E-state index contributed by atoms with van der Waals surface area (Å²) in [7, 11) is 0. The highest BCUT2D eigenvalue weighted by Gasteiger charge is 2.78. The van der Waals surface area contributed by atoms with E-state index in [0.717, 1.165) is 28.1 Å². The Bertz CT molecular complexity index is 1880. The highest BCUT2D eigenvalue weighted by molar-refractivity contribution is 6.01. The second kappa shape index (κ2) is 9.94. The second-order valence-electron chi connectivity index (χ2n) is 13.7. The van der Waals surface area contributed by atoms with Crippen molar-refractivity contribution < 1.29 is 19.2 Å². The van der Waals surface area contributed by atoms with Gasteiger partial charge in [0.15, 0.2) is 0 Å². The van der Waals surface area contributed by atoms with Gasteiger partial charge in [-0.1, -0.05) is 78.9 Å². The van der Waals surface area contributed by atoms with Crippen molar-refractivity contribution in [3.63, 3.8) is 0 Å². The van der Waals surface area contributed by atoms with E-state index in [4.69, 9.17) is 0 Å². The van der Waals surface area contributed by atoms with Gasteiger partial charge in [0.05, 0.1) is 10.8 Å². The molecule has 4 saturated heterocycles. The largest absolute Gasteiger partial charge is 0.364 e. The van der Waals surface area contributed by atoms with Gasteiger partial charge in [0.2, 0.25) is 23.6 Å². The summed E-state index contributed by atoms with van der Waals surface area (Å²) in [5.41, 5.74) is 3.09. The maximum Gasteiger partial charge on any atom is 0.247 e. The zero-order chi connectivity index (χ0) is 32.1. The molecule has 0 bridgehead atoms. The van der Waals surface area contributed by atoms with Crippen LogP contribution in [0.4, 0.5) is 11.4 Å². The molecule has 0 aliphatic carbocycles. The summed E-state index contributed by atoms with van der Waals surface area (Å²) in [4.78, 5) is 60.4. The topological polar surface area (TPSA) is 123 Å². The van der Waals surface area contributed by atoms with Crippen LogP contribution in [0.2, 0.25) is 0 Å². The lowest BCUT2D eigenvalue weighted by Crippen LogP contribution is -2.66. The van der Waals surface area contributed by atoms with Gasteiger partial charge in [0, 0.05) is 17.8 Å². The summed E-state index contributed by atoms with van der Waals surface area (Å²) in [6, 6.07) is 23.1. The van der Waals surface area contributed by atoms with E-state index < -0.39 is 47.3 Å². The van der Waals surface area contributed by atoms with Gasteiger partial charge in [-0.25, -0.2) is 0 Å². The second-order valence-corrected chi connectivity index (χ2v) is 13.7. The number of fused-ring (bicyclic) bond motifs is 11. The predicted molar refractivity (Wildman–Crippen MR) is 175 cm³/mol. The maximum absolute atomic E-state index is 14.6. The summed E-state index contributed by atoms with van der Waals surface area (Å²) in [6.07, 6.45) is 4.15. The van der Waals surface area contributed by atoms with E-state index in [2.05, 4.69) is 33.4 Å². The summed E-state index contributed by atoms with van der Waals surface area (Å²) in [6.45, 7) is 1.90. The fraction of sp³-hybridized carbons (Fsp3) is 0.351. The molecule has 0 saturated carbocycles. The molecule has 10 heteroatoms. The van der Waals surface area contributed by atoms with Crippen LogP contribution in [-0.4, -0.2) is 69.9 Å². The number of nitrogens with one attached hydrogen (secondary N) is 4. The molecule has 4 fully saturated rings. The Morgan fingerprint density at radius 1 is 0.660 bits per heavy atom. The highest BCUT2D eigenvalue weighted by Crippen LogP contribution is 2.68. The molecule has 47 heavy (non-hydrogen) atoms. The molecular weight excluding hydrogens is 592 g/mol. The highest BCUT2D eigenvalue weighted by atomic mass is 16.2. The van der Waals surface area contributed by atoms with Gasteiger partial charge >= 0.3 is 0 Å². The number of hydrogen-bond acceptors (Lipinski definition) is 6. The maximum atomic E-state index is 14.6. The van der Waals surface area contributed by atoms with Gasteiger partial charge in [0.1, 0.15) is 36.5 Å². The van der Waals surface area contributed by atoms with Crippen LogP contribution in [0.3, 0.4) is 0 Å². The molecule has 0 spiro atoms. The van der Waals surface area contributed by atoms with E-state index in [1.807, 2.05) is 85.8 Å². The third kappa shape index (κ3) is 3.55. The first-order valence-corrected chi connectivity index (χ1v) is 16.5. The van der Waals surface area contributed by atoms with E-state index in [1.165, 1.54) is 0 Å². The number of allylic oxidation sites excluding steroid dienone is 1. The van der Waals surface area contributed by atoms with Crippen molar-refractivity contribution in [3.8, 4) is 0 Å². The van der Waals surface area contributed by atoms with Crippen molar-refractivity contribution >= 4 is 35.0 Å². The number of nitrogens with zero attached hydrogens (tertiary/aromatic N) is 2. The Morgan fingerprint density at radius 2 is 1.15 bits per heavy atom. The minimum Gasteiger partial charge on any atom is -0.364 e. The Kier molecular flexibility index (Phi) is 5.95. The van der Waals surface area contributed by atoms with Gasteiger partial charge in [-0.2, -0.15) is 0 Å². The Morgan fingerprint density at radius 3 is 1.70 bits per heavy atom. The molecule has 6 aliphatic heterocycles. The van der Waals surface area contributed by atoms with Crippen molar-refractivity contribution in [2.45, 2.75) is 79.9 Å². The molecule has 2 unspecified atom stereocenters. The predicted octanol–water partition coefficient (Wildman–Crippen LogP) is 2.77. The molecule has 4 N–H and O–H groups in total. The molecular formula is C37H36N6O4. The minimum atomic E-state index is -0.843. The minimum absolute atomic E-state index is 0.125. The van der Waals surface area contributed by atoms with Gasteiger partial charge in [0.25, 0.3) is 0 Å². The van der Waals surface area contributed by atoms with Crippen molar-refractivity contribution in [3.05, 3.63) is 108 Å². The Labute approximate surface area is 272 Å². The zero-order valence-corrected chi connectivity index (χ0v) is 26.0. The van der Waals surface area contributed by atoms with Gasteiger partial charge in [-0.3, -0.25) is 19.2 Å². The molecule has 0 radical (unpaired) electrons. The molecule has 3 aromatic rings. The monoisotopic (exact) mass is 628 g/mol. The number of rotatable bonds is 5. The molecule has 3 aromatic carbocycles. The number of hydrogen-bond donors (Lipinski definition) is 4. The van der Waals surface area contributed by atoms with E-state index in [1.54, 1.807) is 9.80 Å². The number of piperazine rings is 2. The average molecular weight is 629 g/mol. The van der Waals surface area contributed by atoms with Gasteiger partial charge < -0.3 is 31.1 Å². The first-order valence-electron chi connectivity index (χ1n) is 16.5. The molecule has 238 valence electrons. The van der Waals surface area contributed by atoms with Crippen LogP contribution in [0.1, 0.15) is 42.9 Å². The average Bonchev–Trinajstić information content (AvgIpc) is 3.79. The van der Waals surface area contributed by atoms with E-state index in [0.29, 0.717) is 25.7 Å². The Hall–Kier alpha value is -5.12. The van der Waals surface area contributed by atoms with Gasteiger partial charge in [-0.15, -0.1) is 0 Å². The van der Waals surface area contributed by atoms with Crippen molar-refractivity contribution in [1.82, 2.24) is 20.4 Å². The van der Waals surface area contributed by atoms with E-state index in [-0.39, 0.29) is 23.6 Å². The fourth-order valence-corrected chi connectivity index (χ4v) is 9.83. The standard InChI is InChI=1S/C37H36N6O4/c1-2-3-15-26-32(46)42-28(30(44)38-26)19-36(22-13-7-9-16-24(22)40-34(36)42)37-20-29-31(45)39-27(18-21-11-5-4-6-12-21)33(47)43(29)35(37)41-25-17-10-8-14-23(25)37/h2-14,16-17,26-29,34-35,40-41H,15,18-20H2,1H3,(H,38,44)(H,39,45)/b3-2+/t26-,27-,28-,29-,34+,35+,36?,37?/m0/s1. The zero-order valence-electron chi connectivity index (χ0n) is 26.0. The van der Waals surface area contributed by atoms with Gasteiger partial charge in [-0.05, 0) is 55.0 Å². The third-order valence-electron chi connectivity index (χ3n) is 11.6. The smallest absolute Gasteiger partial charge is 0.247 e. The van der Waals surface area contributed by atoms with Crippen LogP contribution in [0, 0.1) is 0 Å². The lowest BCUT2D eigenvalue weighted by atomic mass is 9.54. The van der Waals surface area contributed by atoms with Crippen LogP contribution < -0.4 is 21.3 Å². The van der Waals surface area contributed by atoms with Crippen molar-refractivity contribution in [1.29, 1.82) is 0 Å². The van der Waals surface area contributed by atoms with E-state index in [9.17, 15) is 19.2 Å².